The number of hydrogen-bond donors (Lipinski definition) is 1. The number of benzene rings is 1. The summed E-state index contributed by atoms with van der Waals surface area (Å²) in [6, 6.07) is -0.922. The van der Waals surface area contributed by atoms with Crippen LogP contribution in [0.5, 0.6) is 0 Å². The number of nitrogens with zero attached hydrogens (tertiary/aromatic N) is 2. The summed E-state index contributed by atoms with van der Waals surface area (Å²) < 4.78 is 77.4. The van der Waals surface area contributed by atoms with E-state index in [-0.39, 0.29) is 32.1 Å². The highest BCUT2D eigenvalue weighted by atomic mass is 28.4. The standard InChI is InChI=1S/C15H21F5N2O4Si/c1-3-25-27(24,26-4-2)10-6-5-9-21(19)15(23)22(20)12-8-7-11(16)13(17)14(12)18/h7-8,24H,3-6,9-10H2,1-2H3. The molecule has 2 amide bonds. The number of halogens is 5. The summed E-state index contributed by atoms with van der Waals surface area (Å²) in [7, 11) is -3.38. The molecule has 1 aromatic rings. The Morgan fingerprint density at radius 3 is 2.22 bits per heavy atom. The van der Waals surface area contributed by atoms with Crippen molar-refractivity contribution in [1.29, 1.82) is 0 Å². The molecule has 27 heavy (non-hydrogen) atoms. The molecule has 0 unspecified atom stereocenters. The van der Waals surface area contributed by atoms with E-state index in [0.717, 1.165) is 0 Å². The zero-order valence-corrected chi connectivity index (χ0v) is 15.9. The molecule has 1 aromatic carbocycles. The Bertz CT molecular complexity index is 634. The molecule has 0 fully saturated rings. The van der Waals surface area contributed by atoms with Crippen molar-refractivity contribution in [3.05, 3.63) is 29.6 Å². The Kier molecular flexibility index (Phi) is 9.09. The Labute approximate surface area is 154 Å². The molecule has 0 bridgehead atoms. The fourth-order valence-corrected chi connectivity index (χ4v) is 4.17. The zero-order valence-electron chi connectivity index (χ0n) is 14.9. The molecule has 6 nitrogen and oxygen atoms in total. The van der Waals surface area contributed by atoms with Crippen LogP contribution in [0.4, 0.5) is 32.6 Å². The van der Waals surface area contributed by atoms with Gasteiger partial charge in [-0.1, -0.05) is 8.96 Å². The molecule has 1 rings (SSSR count). The maximum absolute atomic E-state index is 13.9. The lowest BCUT2D eigenvalue weighted by Gasteiger charge is -2.23. The molecule has 0 saturated carbocycles. The quantitative estimate of drug-likeness (QED) is 0.207. The van der Waals surface area contributed by atoms with Crippen LogP contribution in [0.3, 0.4) is 0 Å². The summed E-state index contributed by atoms with van der Waals surface area (Å²) in [6.07, 6.45) is 0.230. The van der Waals surface area contributed by atoms with Gasteiger partial charge in [-0.15, -0.1) is 5.12 Å². The molecule has 0 aromatic heterocycles. The highest BCUT2D eigenvalue weighted by Gasteiger charge is 2.35. The molecule has 0 saturated heterocycles. The maximum Gasteiger partial charge on any atom is 0.498 e. The number of hydrogen-bond acceptors (Lipinski definition) is 4. The van der Waals surface area contributed by atoms with E-state index in [1.54, 1.807) is 13.8 Å². The number of carbonyl (C=O) groups excluding carboxylic acids is 1. The minimum atomic E-state index is -3.38. The van der Waals surface area contributed by atoms with E-state index in [4.69, 9.17) is 8.85 Å². The number of amides is 2. The van der Waals surface area contributed by atoms with E-state index in [9.17, 15) is 31.7 Å². The van der Waals surface area contributed by atoms with E-state index in [1.807, 2.05) is 0 Å². The van der Waals surface area contributed by atoms with E-state index in [2.05, 4.69) is 0 Å². The van der Waals surface area contributed by atoms with Gasteiger partial charge < -0.3 is 13.6 Å². The summed E-state index contributed by atoms with van der Waals surface area (Å²) in [5.41, 5.74) is -1.25. The lowest BCUT2D eigenvalue weighted by Crippen LogP contribution is -2.42. The van der Waals surface area contributed by atoms with Crippen LogP contribution in [0.2, 0.25) is 6.04 Å². The van der Waals surface area contributed by atoms with Gasteiger partial charge in [-0.25, -0.2) is 18.0 Å². The highest BCUT2D eigenvalue weighted by Crippen LogP contribution is 2.25. The Balaban J connectivity index is 2.58. The smallest absolute Gasteiger partial charge is 0.390 e. The first-order chi connectivity index (χ1) is 12.7. The van der Waals surface area contributed by atoms with E-state index < -0.39 is 54.8 Å². The SMILES string of the molecule is CCO[Si](O)(CCCCN(F)C(=O)N(F)c1ccc(F)c(F)c1F)OCC. The number of unbranched alkanes of at least 4 members (excludes halogenated alkanes) is 1. The van der Waals surface area contributed by atoms with Crippen molar-refractivity contribution in [2.75, 3.05) is 24.9 Å². The number of urea groups is 1. The van der Waals surface area contributed by atoms with Gasteiger partial charge in [0.2, 0.25) is 0 Å². The summed E-state index contributed by atoms with van der Waals surface area (Å²) in [5, 5.41) is -1.49. The van der Waals surface area contributed by atoms with Crippen molar-refractivity contribution < 1.29 is 40.6 Å². The number of rotatable bonds is 10. The third kappa shape index (κ3) is 6.41. The molecule has 0 spiro atoms. The summed E-state index contributed by atoms with van der Waals surface area (Å²) in [6.45, 7) is 3.23. The summed E-state index contributed by atoms with van der Waals surface area (Å²) in [5.74, 6) is -5.51. The van der Waals surface area contributed by atoms with Crippen molar-refractivity contribution in [2.45, 2.75) is 32.7 Å². The van der Waals surface area contributed by atoms with Crippen molar-refractivity contribution in [3.8, 4) is 0 Å². The van der Waals surface area contributed by atoms with Crippen molar-refractivity contribution in [3.63, 3.8) is 0 Å². The first-order valence-corrected chi connectivity index (χ1v) is 10.2. The summed E-state index contributed by atoms with van der Waals surface area (Å²) in [4.78, 5) is 21.8. The van der Waals surface area contributed by atoms with Crippen LogP contribution >= 0.6 is 0 Å². The van der Waals surface area contributed by atoms with Gasteiger partial charge >= 0.3 is 14.8 Å². The Morgan fingerprint density at radius 1 is 1.07 bits per heavy atom. The van der Waals surface area contributed by atoms with E-state index >= 15 is 0 Å². The first kappa shape index (κ1) is 23.3. The largest absolute Gasteiger partial charge is 0.498 e. The predicted molar refractivity (Wildman–Crippen MR) is 88.4 cm³/mol. The van der Waals surface area contributed by atoms with Crippen LogP contribution in [0.15, 0.2) is 12.1 Å². The van der Waals surface area contributed by atoms with Crippen LogP contribution < -0.4 is 5.12 Å². The molecule has 0 aliphatic rings. The first-order valence-electron chi connectivity index (χ1n) is 8.23. The fourth-order valence-electron chi connectivity index (χ4n) is 2.20. The molecule has 0 heterocycles. The monoisotopic (exact) mass is 416 g/mol. The van der Waals surface area contributed by atoms with Crippen molar-refractivity contribution in [2.24, 2.45) is 0 Å². The van der Waals surface area contributed by atoms with Gasteiger partial charge in [0.25, 0.3) is 0 Å². The molecule has 0 radical (unpaired) electrons. The minimum Gasteiger partial charge on any atom is -0.390 e. The zero-order chi connectivity index (χ0) is 20.6. The second-order valence-electron chi connectivity index (χ2n) is 5.38. The number of anilines is 1. The maximum atomic E-state index is 13.9. The van der Waals surface area contributed by atoms with Gasteiger partial charge in [-0.05, 0) is 38.8 Å². The van der Waals surface area contributed by atoms with Crippen LogP contribution in [0, 0.1) is 17.5 Å². The van der Waals surface area contributed by atoms with Gasteiger partial charge in [0.1, 0.15) is 5.69 Å². The summed E-state index contributed by atoms with van der Waals surface area (Å²) >= 11 is 0. The molecule has 0 aliphatic carbocycles. The lowest BCUT2D eigenvalue weighted by atomic mass is 10.3. The third-order valence-electron chi connectivity index (χ3n) is 3.44. The van der Waals surface area contributed by atoms with Gasteiger partial charge in [-0.3, -0.25) is 0 Å². The van der Waals surface area contributed by atoms with E-state index in [1.165, 1.54) is 0 Å². The normalized spacial score (nSPS) is 11.6. The molecular formula is C15H21F5N2O4Si. The predicted octanol–water partition coefficient (Wildman–Crippen LogP) is 3.89. The van der Waals surface area contributed by atoms with Crippen LogP contribution in [-0.4, -0.2) is 44.5 Å². The van der Waals surface area contributed by atoms with Crippen LogP contribution in [-0.2, 0) is 8.85 Å². The van der Waals surface area contributed by atoms with Gasteiger partial charge in [0, 0.05) is 19.3 Å². The van der Waals surface area contributed by atoms with Gasteiger partial charge in [-0.2, -0.15) is 5.12 Å². The average molecular weight is 416 g/mol. The second kappa shape index (κ2) is 10.5. The molecular weight excluding hydrogens is 395 g/mol. The minimum absolute atomic E-state index is 0.0196. The van der Waals surface area contributed by atoms with Gasteiger partial charge in [0.15, 0.2) is 17.5 Å². The van der Waals surface area contributed by atoms with Gasteiger partial charge in [0.05, 0.1) is 6.54 Å². The molecule has 1 N–H and O–H groups in total. The van der Waals surface area contributed by atoms with Crippen LogP contribution in [0.25, 0.3) is 0 Å². The Morgan fingerprint density at radius 2 is 1.67 bits per heavy atom. The molecule has 12 heteroatoms. The number of carbonyl (C=O) groups is 1. The topological polar surface area (TPSA) is 62.2 Å². The Hall–Kier alpha value is -1.76. The second-order valence-corrected chi connectivity index (χ2v) is 7.88. The van der Waals surface area contributed by atoms with E-state index in [0.29, 0.717) is 12.1 Å². The van der Waals surface area contributed by atoms with Crippen molar-refractivity contribution in [1.82, 2.24) is 5.12 Å². The van der Waals surface area contributed by atoms with Crippen molar-refractivity contribution >= 4 is 20.5 Å². The lowest BCUT2D eigenvalue weighted by molar-refractivity contribution is 0.0611. The average Bonchev–Trinajstić information content (AvgIpc) is 2.62. The molecule has 154 valence electrons. The molecule has 0 atom stereocenters. The fraction of sp³-hybridized carbons (Fsp3) is 0.533. The van der Waals surface area contributed by atoms with Crippen LogP contribution in [0.1, 0.15) is 26.7 Å². The third-order valence-corrected chi connectivity index (χ3v) is 5.90. The molecule has 0 aliphatic heterocycles. The highest BCUT2D eigenvalue weighted by molar-refractivity contribution is 6.59.